The minimum atomic E-state index is -0.685. The summed E-state index contributed by atoms with van der Waals surface area (Å²) in [5.74, 6) is -1.22. The molecule has 1 aliphatic rings. The minimum absolute atomic E-state index is 0.0815. The van der Waals surface area contributed by atoms with Crippen LogP contribution < -0.4 is 21.7 Å². The van der Waals surface area contributed by atoms with Crippen LogP contribution in [0.25, 0.3) is 0 Å². The van der Waals surface area contributed by atoms with Gasteiger partial charge in [0.1, 0.15) is 23.2 Å². The van der Waals surface area contributed by atoms with Gasteiger partial charge in [-0.2, -0.15) is 0 Å². The average Bonchev–Trinajstić information content (AvgIpc) is 2.84. The Kier molecular flexibility index (Phi) is 7.67. The van der Waals surface area contributed by atoms with Gasteiger partial charge < -0.3 is 21.7 Å². The van der Waals surface area contributed by atoms with Crippen molar-refractivity contribution in [3.8, 4) is 0 Å². The van der Waals surface area contributed by atoms with Crippen LogP contribution in [0.2, 0.25) is 0 Å². The summed E-state index contributed by atoms with van der Waals surface area (Å²) in [4.78, 5) is 28.6. The summed E-state index contributed by atoms with van der Waals surface area (Å²) >= 11 is 0. The molecule has 5 N–H and O–H groups in total. The van der Waals surface area contributed by atoms with E-state index in [-0.39, 0.29) is 23.8 Å². The molecule has 1 aromatic heterocycles. The number of carbonyl (C=O) groups excluding carboxylic acids is 2. The standard InChI is InChI=1S/C26H27F2N5O2/c27-19-9-17(10-20(28)12-19)14-31-23-13-25(32-15-22(23)26(29)35)33-21-3-1-16(2-4-21)11-24(34)18-5-7-30-8-6-18/h1-4,9-10,12-13,15,18,30H,5-8,11,14H2,(H2,29,35)(H2,31,32,33). The smallest absolute Gasteiger partial charge is 0.252 e. The zero-order valence-electron chi connectivity index (χ0n) is 19.1. The van der Waals surface area contributed by atoms with Gasteiger partial charge in [-0.25, -0.2) is 13.8 Å². The second-order valence-electron chi connectivity index (χ2n) is 8.60. The van der Waals surface area contributed by atoms with E-state index in [4.69, 9.17) is 5.73 Å². The number of carbonyl (C=O) groups is 2. The maximum atomic E-state index is 13.5. The Morgan fingerprint density at radius 2 is 1.69 bits per heavy atom. The SMILES string of the molecule is NC(=O)c1cnc(Nc2ccc(CC(=O)C3CCNCC3)cc2)cc1NCc1cc(F)cc(F)c1. The lowest BCUT2D eigenvalue weighted by Gasteiger charge is -2.21. The molecule has 182 valence electrons. The number of halogens is 2. The van der Waals surface area contributed by atoms with Crippen molar-refractivity contribution >= 4 is 28.9 Å². The lowest BCUT2D eigenvalue weighted by atomic mass is 9.90. The lowest BCUT2D eigenvalue weighted by molar-refractivity contribution is -0.122. The predicted octanol–water partition coefficient (Wildman–Crippen LogP) is 3.93. The Morgan fingerprint density at radius 1 is 1.00 bits per heavy atom. The topological polar surface area (TPSA) is 109 Å². The van der Waals surface area contributed by atoms with Gasteiger partial charge in [0.15, 0.2) is 0 Å². The normalized spacial score (nSPS) is 13.9. The van der Waals surface area contributed by atoms with Gasteiger partial charge in [0.25, 0.3) is 5.91 Å². The monoisotopic (exact) mass is 479 g/mol. The van der Waals surface area contributed by atoms with Crippen molar-refractivity contribution in [3.05, 3.63) is 83.1 Å². The first-order valence-electron chi connectivity index (χ1n) is 11.5. The zero-order valence-corrected chi connectivity index (χ0v) is 19.1. The van der Waals surface area contributed by atoms with Gasteiger partial charge in [0.2, 0.25) is 0 Å². The van der Waals surface area contributed by atoms with E-state index in [1.807, 2.05) is 24.3 Å². The first kappa shape index (κ1) is 24.3. The number of benzene rings is 2. The van der Waals surface area contributed by atoms with Crippen molar-refractivity contribution in [2.24, 2.45) is 11.7 Å². The van der Waals surface area contributed by atoms with Gasteiger partial charge >= 0.3 is 0 Å². The van der Waals surface area contributed by atoms with Crippen LogP contribution >= 0.6 is 0 Å². The summed E-state index contributed by atoms with van der Waals surface area (Å²) < 4.78 is 27.0. The quantitative estimate of drug-likeness (QED) is 0.370. The van der Waals surface area contributed by atoms with Gasteiger partial charge in [-0.3, -0.25) is 9.59 Å². The first-order chi connectivity index (χ1) is 16.9. The second kappa shape index (κ2) is 11.1. The molecule has 0 radical (unpaired) electrons. The van der Waals surface area contributed by atoms with E-state index in [9.17, 15) is 18.4 Å². The average molecular weight is 480 g/mol. The lowest BCUT2D eigenvalue weighted by Crippen LogP contribution is -2.32. The molecule has 4 rings (SSSR count). The fourth-order valence-electron chi connectivity index (χ4n) is 4.12. The number of hydrogen-bond donors (Lipinski definition) is 4. The molecule has 1 amide bonds. The number of nitrogens with zero attached hydrogens (tertiary/aromatic N) is 1. The number of ketones is 1. The van der Waals surface area contributed by atoms with Crippen LogP contribution in [-0.2, 0) is 17.8 Å². The molecule has 1 aliphatic heterocycles. The molecule has 1 saturated heterocycles. The number of nitrogens with one attached hydrogen (secondary N) is 3. The molecule has 0 saturated carbocycles. The highest BCUT2D eigenvalue weighted by Crippen LogP contribution is 2.23. The van der Waals surface area contributed by atoms with Gasteiger partial charge in [-0.15, -0.1) is 0 Å². The number of rotatable bonds is 9. The van der Waals surface area contributed by atoms with E-state index in [1.165, 1.54) is 18.3 Å². The summed E-state index contributed by atoms with van der Waals surface area (Å²) in [5.41, 5.74) is 8.05. The number of amides is 1. The Hall–Kier alpha value is -3.85. The van der Waals surface area contributed by atoms with Crippen molar-refractivity contribution < 1.29 is 18.4 Å². The summed E-state index contributed by atoms with van der Waals surface area (Å²) in [6.07, 6.45) is 3.52. The van der Waals surface area contributed by atoms with E-state index >= 15 is 0 Å². The number of nitrogens with two attached hydrogens (primary N) is 1. The van der Waals surface area contributed by atoms with Crippen molar-refractivity contribution in [3.63, 3.8) is 0 Å². The minimum Gasteiger partial charge on any atom is -0.380 e. The number of anilines is 3. The van der Waals surface area contributed by atoms with E-state index in [2.05, 4.69) is 20.9 Å². The summed E-state index contributed by atoms with van der Waals surface area (Å²) in [6, 6.07) is 12.3. The number of primary amides is 1. The maximum Gasteiger partial charge on any atom is 0.252 e. The third-order valence-corrected chi connectivity index (χ3v) is 5.97. The Morgan fingerprint density at radius 3 is 2.34 bits per heavy atom. The highest BCUT2D eigenvalue weighted by Gasteiger charge is 2.20. The molecule has 35 heavy (non-hydrogen) atoms. The molecular weight excluding hydrogens is 452 g/mol. The molecule has 0 atom stereocenters. The van der Waals surface area contributed by atoms with Crippen molar-refractivity contribution in [2.45, 2.75) is 25.8 Å². The van der Waals surface area contributed by atoms with E-state index in [0.717, 1.165) is 43.2 Å². The third-order valence-electron chi connectivity index (χ3n) is 5.97. The van der Waals surface area contributed by atoms with Crippen LogP contribution in [0.1, 0.15) is 34.3 Å². The van der Waals surface area contributed by atoms with Crippen LogP contribution in [-0.4, -0.2) is 29.8 Å². The van der Waals surface area contributed by atoms with E-state index in [0.29, 0.717) is 23.5 Å². The highest BCUT2D eigenvalue weighted by molar-refractivity contribution is 5.98. The Labute approximate surface area is 202 Å². The Balaban J connectivity index is 1.43. The van der Waals surface area contributed by atoms with Crippen LogP contribution in [0, 0.1) is 17.6 Å². The van der Waals surface area contributed by atoms with Gasteiger partial charge in [0, 0.05) is 42.9 Å². The molecule has 0 bridgehead atoms. The maximum absolute atomic E-state index is 13.5. The molecule has 1 fully saturated rings. The highest BCUT2D eigenvalue weighted by atomic mass is 19.1. The predicted molar refractivity (Wildman–Crippen MR) is 130 cm³/mol. The third kappa shape index (κ3) is 6.60. The molecule has 0 unspecified atom stereocenters. The molecule has 2 aromatic carbocycles. The molecule has 0 spiro atoms. The van der Waals surface area contributed by atoms with Gasteiger partial charge in [-0.1, -0.05) is 12.1 Å². The van der Waals surface area contributed by atoms with E-state index in [1.54, 1.807) is 6.07 Å². The molecule has 9 heteroatoms. The summed E-state index contributed by atoms with van der Waals surface area (Å²) in [6.45, 7) is 1.85. The van der Waals surface area contributed by atoms with Crippen molar-refractivity contribution in [1.82, 2.24) is 10.3 Å². The van der Waals surface area contributed by atoms with Crippen LogP contribution in [0.3, 0.4) is 0 Å². The van der Waals surface area contributed by atoms with Crippen LogP contribution in [0.4, 0.5) is 26.0 Å². The largest absolute Gasteiger partial charge is 0.380 e. The van der Waals surface area contributed by atoms with Crippen LogP contribution in [0.5, 0.6) is 0 Å². The Bertz CT molecular complexity index is 1190. The van der Waals surface area contributed by atoms with Crippen LogP contribution in [0.15, 0.2) is 54.7 Å². The fourth-order valence-corrected chi connectivity index (χ4v) is 4.12. The van der Waals surface area contributed by atoms with Crippen molar-refractivity contribution in [2.75, 3.05) is 23.7 Å². The first-order valence-corrected chi connectivity index (χ1v) is 11.5. The summed E-state index contributed by atoms with van der Waals surface area (Å²) in [7, 11) is 0. The molecule has 7 nitrogen and oxygen atoms in total. The molecular formula is C26H27F2N5O2. The fraction of sp³-hybridized carbons (Fsp3) is 0.269. The summed E-state index contributed by atoms with van der Waals surface area (Å²) in [5, 5.41) is 9.42. The van der Waals surface area contributed by atoms with E-state index < -0.39 is 17.5 Å². The van der Waals surface area contributed by atoms with Crippen molar-refractivity contribution in [1.29, 1.82) is 0 Å². The number of hydrogen-bond acceptors (Lipinski definition) is 6. The molecule has 2 heterocycles. The zero-order chi connectivity index (χ0) is 24.8. The number of pyridine rings is 1. The number of aromatic nitrogens is 1. The molecule has 3 aromatic rings. The second-order valence-corrected chi connectivity index (χ2v) is 8.60. The molecule has 0 aliphatic carbocycles. The number of Topliss-reactive ketones (excluding diaryl/α,β-unsaturated/α-hetero) is 1. The van der Waals surface area contributed by atoms with Gasteiger partial charge in [-0.05, 0) is 61.3 Å². The number of piperidine rings is 1. The van der Waals surface area contributed by atoms with Gasteiger partial charge in [0.05, 0.1) is 11.3 Å².